The number of carbonyl (C=O) groups excluding carboxylic acids is 2. The number of nitrogens with one attached hydrogen (secondary N) is 1. The summed E-state index contributed by atoms with van der Waals surface area (Å²) in [5, 5.41) is 3.00. The van der Waals surface area contributed by atoms with Crippen molar-refractivity contribution in [3.63, 3.8) is 0 Å². The number of rotatable bonds is 11. The van der Waals surface area contributed by atoms with E-state index in [0.717, 1.165) is 49.5 Å². The fourth-order valence-electron chi connectivity index (χ4n) is 3.36. The van der Waals surface area contributed by atoms with Crippen LogP contribution in [0.2, 0.25) is 0 Å². The Balaban J connectivity index is 1.75. The number of nitrogens with zero attached hydrogens (tertiary/aromatic N) is 2. The van der Waals surface area contributed by atoms with Gasteiger partial charge in [0, 0.05) is 26.1 Å². The summed E-state index contributed by atoms with van der Waals surface area (Å²) in [6.45, 7) is 10.6. The number of ether oxygens (including phenoxy) is 1. The summed E-state index contributed by atoms with van der Waals surface area (Å²) < 4.78 is 5.49. The molecule has 0 spiro atoms. The first-order valence-corrected chi connectivity index (χ1v) is 10.1. The van der Waals surface area contributed by atoms with Crippen molar-refractivity contribution in [3.8, 4) is 5.75 Å². The van der Waals surface area contributed by atoms with E-state index in [4.69, 9.17) is 4.74 Å². The van der Waals surface area contributed by atoms with Crippen molar-refractivity contribution in [2.45, 2.75) is 46.5 Å². The highest BCUT2D eigenvalue weighted by Crippen LogP contribution is 2.32. The van der Waals surface area contributed by atoms with Gasteiger partial charge in [-0.2, -0.15) is 0 Å². The molecule has 6 nitrogen and oxygen atoms in total. The monoisotopic (exact) mass is 375 g/mol. The van der Waals surface area contributed by atoms with Crippen LogP contribution in [0.4, 0.5) is 5.69 Å². The van der Waals surface area contributed by atoms with Crippen molar-refractivity contribution in [1.29, 1.82) is 0 Å². The van der Waals surface area contributed by atoms with Gasteiger partial charge in [-0.1, -0.05) is 19.9 Å². The summed E-state index contributed by atoms with van der Waals surface area (Å²) in [4.78, 5) is 28.4. The van der Waals surface area contributed by atoms with Gasteiger partial charge < -0.3 is 19.9 Å². The van der Waals surface area contributed by atoms with Crippen LogP contribution in [0.3, 0.4) is 0 Å². The highest BCUT2D eigenvalue weighted by Gasteiger charge is 2.25. The molecule has 1 N–H and O–H groups in total. The molecule has 0 atom stereocenters. The minimum atomic E-state index is -0.0525. The molecule has 1 aliphatic heterocycles. The van der Waals surface area contributed by atoms with Gasteiger partial charge in [0.1, 0.15) is 5.75 Å². The molecule has 0 bridgehead atoms. The van der Waals surface area contributed by atoms with E-state index < -0.39 is 0 Å². The summed E-state index contributed by atoms with van der Waals surface area (Å²) in [6.07, 6.45) is 3.32. The molecule has 1 aromatic rings. The number of anilines is 1. The molecule has 0 unspecified atom stereocenters. The number of fused-ring (bicyclic) bond motifs is 1. The zero-order chi connectivity index (χ0) is 19.6. The highest BCUT2D eigenvalue weighted by atomic mass is 16.5. The molecule has 150 valence electrons. The SMILES string of the molecule is CCCN(CCC)CCNC(=O)CCCN1C(=O)COc2ccc(C)cc21. The molecule has 2 rings (SSSR count). The predicted octanol–water partition coefficient (Wildman–Crippen LogP) is 2.74. The van der Waals surface area contributed by atoms with Crippen LogP contribution in [-0.4, -0.2) is 56.0 Å². The number of aryl methyl sites for hydroxylation is 1. The molecule has 6 heteroatoms. The lowest BCUT2D eigenvalue weighted by molar-refractivity contribution is -0.122. The van der Waals surface area contributed by atoms with Gasteiger partial charge in [0.05, 0.1) is 5.69 Å². The van der Waals surface area contributed by atoms with Crippen molar-refractivity contribution in [2.24, 2.45) is 0 Å². The Labute approximate surface area is 162 Å². The van der Waals surface area contributed by atoms with Crippen LogP contribution in [0.25, 0.3) is 0 Å². The van der Waals surface area contributed by atoms with Crippen molar-refractivity contribution >= 4 is 17.5 Å². The van der Waals surface area contributed by atoms with E-state index in [1.165, 1.54) is 0 Å². The second-order valence-electron chi connectivity index (χ2n) is 7.10. The third-order valence-electron chi connectivity index (χ3n) is 4.67. The second-order valence-corrected chi connectivity index (χ2v) is 7.10. The third kappa shape index (κ3) is 6.54. The summed E-state index contributed by atoms with van der Waals surface area (Å²) >= 11 is 0. The Bertz CT molecular complexity index is 627. The molecule has 1 aliphatic rings. The van der Waals surface area contributed by atoms with Gasteiger partial charge in [-0.15, -0.1) is 0 Å². The third-order valence-corrected chi connectivity index (χ3v) is 4.67. The van der Waals surface area contributed by atoms with Gasteiger partial charge in [-0.05, 0) is 57.0 Å². The summed E-state index contributed by atoms with van der Waals surface area (Å²) in [5.74, 6) is 0.730. The zero-order valence-electron chi connectivity index (χ0n) is 16.9. The minimum Gasteiger partial charge on any atom is -0.482 e. The van der Waals surface area contributed by atoms with Gasteiger partial charge in [-0.25, -0.2) is 0 Å². The lowest BCUT2D eigenvalue weighted by Crippen LogP contribution is -2.40. The van der Waals surface area contributed by atoms with Gasteiger partial charge in [0.2, 0.25) is 5.91 Å². The molecule has 1 heterocycles. The van der Waals surface area contributed by atoms with Crippen molar-refractivity contribution < 1.29 is 14.3 Å². The first-order valence-electron chi connectivity index (χ1n) is 10.1. The molecule has 0 aliphatic carbocycles. The Morgan fingerprint density at radius 2 is 1.96 bits per heavy atom. The quantitative estimate of drug-likeness (QED) is 0.646. The second kappa shape index (κ2) is 10.9. The van der Waals surface area contributed by atoms with E-state index in [1.807, 2.05) is 25.1 Å². The Morgan fingerprint density at radius 3 is 2.67 bits per heavy atom. The van der Waals surface area contributed by atoms with Crippen molar-refractivity contribution in [3.05, 3.63) is 23.8 Å². The van der Waals surface area contributed by atoms with Crippen LogP contribution in [0.1, 0.15) is 45.1 Å². The number of amides is 2. The maximum absolute atomic E-state index is 12.2. The van der Waals surface area contributed by atoms with Crippen molar-refractivity contribution in [2.75, 3.05) is 44.2 Å². The van der Waals surface area contributed by atoms with Crippen LogP contribution in [0, 0.1) is 6.92 Å². The first-order chi connectivity index (χ1) is 13.0. The predicted molar refractivity (Wildman–Crippen MR) is 108 cm³/mol. The number of hydrogen-bond acceptors (Lipinski definition) is 4. The van der Waals surface area contributed by atoms with E-state index >= 15 is 0 Å². The van der Waals surface area contributed by atoms with E-state index in [0.29, 0.717) is 25.9 Å². The van der Waals surface area contributed by atoms with Gasteiger partial charge in [-0.3, -0.25) is 9.59 Å². The maximum Gasteiger partial charge on any atom is 0.265 e. The fourth-order valence-corrected chi connectivity index (χ4v) is 3.36. The number of benzene rings is 1. The molecule has 2 amide bonds. The average molecular weight is 376 g/mol. The lowest BCUT2D eigenvalue weighted by Gasteiger charge is -2.29. The highest BCUT2D eigenvalue weighted by molar-refractivity contribution is 5.97. The van der Waals surface area contributed by atoms with Crippen molar-refractivity contribution in [1.82, 2.24) is 10.2 Å². The fraction of sp³-hybridized carbons (Fsp3) is 0.619. The van der Waals surface area contributed by atoms with Crippen LogP contribution < -0.4 is 15.0 Å². The van der Waals surface area contributed by atoms with Gasteiger partial charge >= 0.3 is 0 Å². The van der Waals surface area contributed by atoms with Crippen LogP contribution in [0.15, 0.2) is 18.2 Å². The van der Waals surface area contributed by atoms with Crippen LogP contribution in [0.5, 0.6) is 5.75 Å². The van der Waals surface area contributed by atoms with E-state index in [9.17, 15) is 9.59 Å². The standard InChI is InChI=1S/C21H33N3O3/c1-4-11-23(12-5-2)14-10-22-20(25)7-6-13-24-18-15-17(3)8-9-19(18)27-16-21(24)26/h8-9,15H,4-7,10-14,16H2,1-3H3,(H,22,25). The Morgan fingerprint density at radius 1 is 1.22 bits per heavy atom. The molecule has 0 saturated carbocycles. The van der Waals surface area contributed by atoms with E-state index in [-0.39, 0.29) is 18.4 Å². The summed E-state index contributed by atoms with van der Waals surface area (Å²) in [7, 11) is 0. The number of carbonyl (C=O) groups is 2. The smallest absolute Gasteiger partial charge is 0.265 e. The number of hydrogen-bond donors (Lipinski definition) is 1. The van der Waals surface area contributed by atoms with Gasteiger partial charge in [0.15, 0.2) is 6.61 Å². The molecular formula is C21H33N3O3. The molecule has 0 radical (unpaired) electrons. The molecular weight excluding hydrogens is 342 g/mol. The molecule has 0 saturated heterocycles. The molecule has 0 fully saturated rings. The van der Waals surface area contributed by atoms with E-state index in [2.05, 4.69) is 24.1 Å². The minimum absolute atomic E-state index is 0.0492. The molecule has 0 aromatic heterocycles. The molecule has 27 heavy (non-hydrogen) atoms. The largest absolute Gasteiger partial charge is 0.482 e. The normalized spacial score (nSPS) is 13.5. The summed E-state index contributed by atoms with van der Waals surface area (Å²) in [5.41, 5.74) is 1.89. The van der Waals surface area contributed by atoms with Crippen LogP contribution >= 0.6 is 0 Å². The average Bonchev–Trinajstić information content (AvgIpc) is 2.64. The lowest BCUT2D eigenvalue weighted by atomic mass is 10.1. The van der Waals surface area contributed by atoms with E-state index in [1.54, 1.807) is 4.90 Å². The maximum atomic E-state index is 12.2. The summed E-state index contributed by atoms with van der Waals surface area (Å²) in [6, 6.07) is 5.83. The molecule has 1 aromatic carbocycles. The van der Waals surface area contributed by atoms with Gasteiger partial charge in [0.25, 0.3) is 5.91 Å². The van der Waals surface area contributed by atoms with Crippen LogP contribution in [-0.2, 0) is 9.59 Å². The Hall–Kier alpha value is -2.08. The Kier molecular flexibility index (Phi) is 8.58. The first kappa shape index (κ1) is 21.2. The zero-order valence-corrected chi connectivity index (χ0v) is 16.9. The topological polar surface area (TPSA) is 61.9 Å².